The van der Waals surface area contributed by atoms with Crippen molar-refractivity contribution >= 4 is 28.9 Å². The smallest absolute Gasteiger partial charge is 0.121 e. The van der Waals surface area contributed by atoms with Gasteiger partial charge in [-0.1, -0.05) is 41.4 Å². The number of nitrogens with zero attached hydrogens (tertiary/aromatic N) is 3. The number of piperazine rings is 1. The summed E-state index contributed by atoms with van der Waals surface area (Å²) in [5, 5.41) is 31.9. The van der Waals surface area contributed by atoms with Gasteiger partial charge in [-0.25, -0.2) is 0 Å². The second-order valence-corrected chi connectivity index (χ2v) is 11.3. The van der Waals surface area contributed by atoms with Crippen molar-refractivity contribution in [1.29, 1.82) is 0 Å². The molecule has 2 heterocycles. The molecular formula is C29H35Cl2N3O4. The van der Waals surface area contributed by atoms with Crippen LogP contribution < -0.4 is 9.64 Å². The number of ether oxygens (including phenoxy) is 1. The molecule has 1 saturated heterocycles. The minimum absolute atomic E-state index is 0.0331. The van der Waals surface area contributed by atoms with Gasteiger partial charge in [0.15, 0.2) is 0 Å². The molecule has 1 aliphatic rings. The average Bonchev–Trinajstić information content (AvgIpc) is 2.87. The zero-order valence-corrected chi connectivity index (χ0v) is 23.5. The zero-order valence-electron chi connectivity index (χ0n) is 21.9. The third kappa shape index (κ3) is 6.78. The molecule has 0 spiro atoms. The fourth-order valence-corrected chi connectivity index (χ4v) is 5.22. The van der Waals surface area contributed by atoms with Gasteiger partial charge in [-0.3, -0.25) is 9.88 Å². The van der Waals surface area contributed by atoms with Crippen LogP contribution in [0.1, 0.15) is 43.6 Å². The topological polar surface area (TPSA) is 89.3 Å². The van der Waals surface area contributed by atoms with Crippen LogP contribution in [0.15, 0.2) is 60.8 Å². The summed E-state index contributed by atoms with van der Waals surface area (Å²) in [6.07, 6.45) is 1.64. The van der Waals surface area contributed by atoms with E-state index in [0.29, 0.717) is 53.2 Å². The maximum absolute atomic E-state index is 11.4. The third-order valence-corrected chi connectivity index (χ3v) is 7.41. The molecule has 1 aromatic heterocycles. The molecular weight excluding hydrogens is 525 g/mol. The first-order valence-electron chi connectivity index (χ1n) is 12.7. The molecule has 0 bridgehead atoms. The van der Waals surface area contributed by atoms with E-state index in [4.69, 9.17) is 33.0 Å². The van der Waals surface area contributed by atoms with Crippen molar-refractivity contribution in [2.75, 3.05) is 44.3 Å². The number of anilines is 1. The molecule has 4 rings (SSSR count). The van der Waals surface area contributed by atoms with Gasteiger partial charge in [-0.15, -0.1) is 0 Å². The molecule has 0 radical (unpaired) electrons. The van der Waals surface area contributed by atoms with Gasteiger partial charge in [0.05, 0.1) is 29.1 Å². The fraction of sp³-hybridized carbons (Fsp3) is 0.414. The summed E-state index contributed by atoms with van der Waals surface area (Å²) in [4.78, 5) is 8.89. The number of aromatic nitrogens is 1. The van der Waals surface area contributed by atoms with Gasteiger partial charge < -0.3 is 25.0 Å². The first-order chi connectivity index (χ1) is 18.0. The molecule has 0 saturated carbocycles. The molecule has 3 aromatic rings. The van der Waals surface area contributed by atoms with Crippen LogP contribution in [0.5, 0.6) is 5.75 Å². The lowest BCUT2D eigenvalue weighted by molar-refractivity contribution is 0.00970. The highest BCUT2D eigenvalue weighted by Gasteiger charge is 2.34. The molecule has 9 heteroatoms. The summed E-state index contributed by atoms with van der Waals surface area (Å²) < 4.78 is 5.52. The Labute approximate surface area is 234 Å². The van der Waals surface area contributed by atoms with Crippen LogP contribution in [0.2, 0.25) is 10.0 Å². The molecule has 38 heavy (non-hydrogen) atoms. The molecule has 0 unspecified atom stereocenters. The molecule has 204 valence electrons. The quantitative estimate of drug-likeness (QED) is 0.348. The maximum Gasteiger partial charge on any atom is 0.121 e. The van der Waals surface area contributed by atoms with E-state index in [9.17, 15) is 10.2 Å². The van der Waals surface area contributed by atoms with Crippen LogP contribution in [-0.4, -0.2) is 64.6 Å². The predicted octanol–water partition coefficient (Wildman–Crippen LogP) is 4.76. The summed E-state index contributed by atoms with van der Waals surface area (Å²) in [5.41, 5.74) is 1.04. The number of benzene rings is 2. The van der Waals surface area contributed by atoms with Crippen molar-refractivity contribution in [2.45, 2.75) is 38.0 Å². The number of aliphatic hydroxyl groups excluding tert-OH is 1. The van der Waals surface area contributed by atoms with Crippen molar-refractivity contribution in [3.63, 3.8) is 0 Å². The monoisotopic (exact) mass is 559 g/mol. The number of pyridine rings is 1. The lowest BCUT2D eigenvalue weighted by atomic mass is 9.94. The lowest BCUT2D eigenvalue weighted by Crippen LogP contribution is -2.52. The largest absolute Gasteiger partial charge is 0.491 e. The summed E-state index contributed by atoms with van der Waals surface area (Å²) in [5.74, 6) is 0.606. The van der Waals surface area contributed by atoms with Crippen molar-refractivity contribution in [2.24, 2.45) is 0 Å². The molecule has 2 atom stereocenters. The van der Waals surface area contributed by atoms with Crippen LogP contribution in [0.3, 0.4) is 0 Å². The van der Waals surface area contributed by atoms with Crippen molar-refractivity contribution in [3.05, 3.63) is 87.7 Å². The number of hydrogen-bond donors (Lipinski definition) is 3. The van der Waals surface area contributed by atoms with Crippen molar-refractivity contribution in [3.8, 4) is 5.75 Å². The molecule has 0 aliphatic carbocycles. The Bertz CT molecular complexity index is 1210. The molecule has 3 N–H and O–H groups in total. The fourth-order valence-electron chi connectivity index (χ4n) is 4.82. The molecule has 7 nitrogen and oxygen atoms in total. The highest BCUT2D eigenvalue weighted by atomic mass is 35.5. The van der Waals surface area contributed by atoms with E-state index < -0.39 is 11.2 Å². The van der Waals surface area contributed by atoms with E-state index in [1.54, 1.807) is 39.1 Å². The lowest BCUT2D eigenvalue weighted by Gasteiger charge is -2.45. The van der Waals surface area contributed by atoms with E-state index in [1.165, 1.54) is 0 Å². The van der Waals surface area contributed by atoms with Crippen molar-refractivity contribution in [1.82, 2.24) is 9.88 Å². The molecule has 2 aromatic carbocycles. The van der Waals surface area contributed by atoms with Crippen LogP contribution in [-0.2, 0) is 11.2 Å². The van der Waals surface area contributed by atoms with Gasteiger partial charge in [0.25, 0.3) is 0 Å². The Kier molecular flexibility index (Phi) is 8.87. The van der Waals surface area contributed by atoms with Gasteiger partial charge in [0.1, 0.15) is 23.6 Å². The normalized spacial score (nSPS) is 18.3. The van der Waals surface area contributed by atoms with Gasteiger partial charge in [0.2, 0.25) is 0 Å². The molecule has 1 fully saturated rings. The number of β-amino-alcohol motifs (C(OH)–C–C–N with tert-alkyl or cyclic N) is 1. The van der Waals surface area contributed by atoms with Gasteiger partial charge >= 0.3 is 0 Å². The van der Waals surface area contributed by atoms with Gasteiger partial charge in [-0.05, 0) is 56.7 Å². The van der Waals surface area contributed by atoms with Crippen LogP contribution >= 0.6 is 23.2 Å². The van der Waals surface area contributed by atoms with Crippen LogP contribution in [0.4, 0.5) is 5.69 Å². The van der Waals surface area contributed by atoms with E-state index in [0.717, 1.165) is 11.3 Å². The second kappa shape index (κ2) is 11.8. The minimum Gasteiger partial charge on any atom is -0.491 e. The van der Waals surface area contributed by atoms with E-state index in [1.807, 2.05) is 42.5 Å². The Hall–Kier alpha value is -2.39. The van der Waals surface area contributed by atoms with E-state index in [-0.39, 0.29) is 19.3 Å². The minimum atomic E-state index is -1.14. The summed E-state index contributed by atoms with van der Waals surface area (Å²) >= 11 is 12.9. The van der Waals surface area contributed by atoms with Gasteiger partial charge in [-0.2, -0.15) is 0 Å². The average molecular weight is 561 g/mol. The Morgan fingerprint density at radius 3 is 2.34 bits per heavy atom. The number of halogens is 2. The Morgan fingerprint density at radius 1 is 1.00 bits per heavy atom. The SMILES string of the molecule is CC(C)(O)c1ccc([C@](C)(O)CN2CCN(c3ccc(OCCO)cc3Cl)[C@H](c3ccc(Cl)cc3)C2)cn1. The molecule has 1 aliphatic heterocycles. The predicted molar refractivity (Wildman–Crippen MR) is 151 cm³/mol. The Morgan fingerprint density at radius 2 is 1.74 bits per heavy atom. The standard InChI is InChI=1S/C29H35Cl2N3O4/c1-28(2,36)27-11-6-21(17-32-27)29(3,37)19-33-12-13-34(26(18-33)20-4-7-22(30)8-5-20)25-10-9-23(16-24(25)31)38-15-14-35/h4-11,16-17,26,35-37H,12-15,18-19H2,1-3H3/t26-,29+/m0/s1. The maximum atomic E-state index is 11.4. The highest BCUT2D eigenvalue weighted by Crippen LogP contribution is 2.38. The Balaban J connectivity index is 1.57. The highest BCUT2D eigenvalue weighted by molar-refractivity contribution is 6.33. The first kappa shape index (κ1) is 28.6. The number of rotatable bonds is 9. The number of hydrogen-bond acceptors (Lipinski definition) is 7. The van der Waals surface area contributed by atoms with Crippen LogP contribution in [0, 0.1) is 0 Å². The van der Waals surface area contributed by atoms with Gasteiger partial charge in [0, 0.05) is 49.0 Å². The third-order valence-electron chi connectivity index (χ3n) is 6.85. The van der Waals surface area contributed by atoms with Crippen molar-refractivity contribution < 1.29 is 20.1 Å². The van der Waals surface area contributed by atoms with E-state index >= 15 is 0 Å². The summed E-state index contributed by atoms with van der Waals surface area (Å²) in [6, 6.07) is 16.9. The molecule has 0 amide bonds. The zero-order chi connectivity index (χ0) is 27.5. The van der Waals surface area contributed by atoms with Crippen LogP contribution in [0.25, 0.3) is 0 Å². The van der Waals surface area contributed by atoms with E-state index in [2.05, 4.69) is 14.8 Å². The second-order valence-electron chi connectivity index (χ2n) is 10.4. The number of aliphatic hydroxyl groups is 3. The summed E-state index contributed by atoms with van der Waals surface area (Å²) in [6.45, 7) is 7.78. The first-order valence-corrected chi connectivity index (χ1v) is 13.4. The summed E-state index contributed by atoms with van der Waals surface area (Å²) in [7, 11) is 0.